The van der Waals surface area contributed by atoms with Crippen LogP contribution in [0.5, 0.6) is 0 Å². The topological polar surface area (TPSA) is 237 Å². The molecule has 0 saturated heterocycles. The predicted octanol–water partition coefficient (Wildman–Crippen LogP) is 25.0. The van der Waals surface area contributed by atoms with Gasteiger partial charge in [-0.25, -0.2) is 9.13 Å². The second kappa shape index (κ2) is 76.3. The van der Waals surface area contributed by atoms with E-state index in [1.165, 1.54) is 276 Å². The molecule has 101 heavy (non-hydrogen) atoms. The molecule has 0 amide bonds. The molecule has 3 N–H and O–H groups in total. The third-order valence-corrected chi connectivity index (χ3v) is 21.3. The van der Waals surface area contributed by atoms with E-state index in [1.807, 2.05) is 0 Å². The van der Waals surface area contributed by atoms with Crippen molar-refractivity contribution in [2.24, 2.45) is 0 Å². The first-order valence-electron chi connectivity index (χ1n) is 42.8. The van der Waals surface area contributed by atoms with E-state index in [4.69, 9.17) is 37.0 Å². The van der Waals surface area contributed by atoms with Crippen molar-refractivity contribution in [3.63, 3.8) is 0 Å². The van der Waals surface area contributed by atoms with Crippen LogP contribution in [0, 0.1) is 0 Å². The van der Waals surface area contributed by atoms with E-state index < -0.39 is 97.5 Å². The molecular weight excluding hydrogens is 1320 g/mol. The molecule has 17 nitrogen and oxygen atoms in total. The first-order chi connectivity index (χ1) is 49.2. The minimum absolute atomic E-state index is 0.108. The molecule has 0 spiro atoms. The average molecular weight is 1480 g/mol. The van der Waals surface area contributed by atoms with Crippen molar-refractivity contribution in [2.45, 2.75) is 463 Å². The van der Waals surface area contributed by atoms with Gasteiger partial charge < -0.3 is 33.8 Å². The van der Waals surface area contributed by atoms with Gasteiger partial charge in [-0.1, -0.05) is 394 Å². The van der Waals surface area contributed by atoms with Crippen molar-refractivity contribution in [1.82, 2.24) is 0 Å². The Hall–Kier alpha value is -1.94. The molecule has 0 aliphatic carbocycles. The Bertz CT molecular complexity index is 1910. The van der Waals surface area contributed by atoms with E-state index in [-0.39, 0.29) is 25.7 Å². The van der Waals surface area contributed by atoms with Gasteiger partial charge in [0.15, 0.2) is 12.2 Å². The monoisotopic (exact) mass is 1480 g/mol. The summed E-state index contributed by atoms with van der Waals surface area (Å²) in [5, 5.41) is 10.6. The van der Waals surface area contributed by atoms with Crippen molar-refractivity contribution in [1.29, 1.82) is 0 Å². The zero-order valence-electron chi connectivity index (χ0n) is 65.9. The third-order valence-electron chi connectivity index (χ3n) is 19.4. The molecular formula is C82H160O17P2. The fourth-order valence-electron chi connectivity index (χ4n) is 12.8. The first kappa shape index (κ1) is 99.1. The van der Waals surface area contributed by atoms with Crippen LogP contribution in [0.3, 0.4) is 0 Å². The molecule has 0 saturated carbocycles. The Morgan fingerprint density at radius 2 is 0.396 bits per heavy atom. The lowest BCUT2D eigenvalue weighted by molar-refractivity contribution is -0.161. The average Bonchev–Trinajstić information content (AvgIpc) is 1.31. The van der Waals surface area contributed by atoms with Crippen LogP contribution in [0.15, 0.2) is 0 Å². The van der Waals surface area contributed by atoms with Crippen LogP contribution in [0.4, 0.5) is 0 Å². The smallest absolute Gasteiger partial charge is 0.462 e. The molecule has 0 aromatic rings. The standard InChI is InChI=1S/C82H160O17P2/c1-5-9-13-17-21-25-29-32-34-36-38-40-42-44-48-51-55-59-63-67-80(85)93-73-78(99-82(87)69-65-61-57-53-49-45-43-41-39-37-35-33-30-26-22-18-14-10-6-2)75-97-101(90,91)95-71-76(83)70-94-100(88,89)96-74-77(72-92-79(84)66-62-58-54-50-46-28-24-20-16-12-8-4)98-81(86)68-64-60-56-52-47-31-27-23-19-15-11-7-3/h76-78,83H,5-75H2,1-4H3,(H,88,89)(H,90,91)/t76?,77-,78-/m1/s1. The summed E-state index contributed by atoms with van der Waals surface area (Å²) in [6.45, 7) is 5.03. The number of carbonyl (C=O) groups is 4. The summed E-state index contributed by atoms with van der Waals surface area (Å²) >= 11 is 0. The van der Waals surface area contributed by atoms with Crippen LogP contribution in [0.1, 0.15) is 445 Å². The van der Waals surface area contributed by atoms with E-state index >= 15 is 0 Å². The molecule has 0 aromatic carbocycles. The SMILES string of the molecule is CCCCCCCCCCCCCCCCCCCCCC(=O)OC[C@H](COP(=O)(O)OCC(O)COP(=O)(O)OC[C@@H](COC(=O)CCCCCCCCCCCCC)OC(=O)CCCCCCCCCCCCCC)OC(=O)CCCCCCCCCCCCCCCCCCCCC. The van der Waals surface area contributed by atoms with E-state index in [2.05, 4.69) is 27.7 Å². The zero-order chi connectivity index (χ0) is 73.9. The van der Waals surface area contributed by atoms with Crippen LogP contribution in [0.25, 0.3) is 0 Å². The fourth-order valence-corrected chi connectivity index (χ4v) is 14.4. The van der Waals surface area contributed by atoms with Gasteiger partial charge in [-0.15, -0.1) is 0 Å². The second-order valence-electron chi connectivity index (χ2n) is 29.5. The van der Waals surface area contributed by atoms with E-state index in [0.717, 1.165) is 89.9 Å². The van der Waals surface area contributed by atoms with Crippen LogP contribution in [-0.4, -0.2) is 96.7 Å². The molecule has 0 rings (SSSR count). The number of aliphatic hydroxyl groups excluding tert-OH is 1. The highest BCUT2D eigenvalue weighted by Crippen LogP contribution is 2.45. The van der Waals surface area contributed by atoms with Gasteiger partial charge in [0.1, 0.15) is 19.3 Å². The van der Waals surface area contributed by atoms with Crippen LogP contribution in [0.2, 0.25) is 0 Å². The van der Waals surface area contributed by atoms with Crippen molar-refractivity contribution in [3.8, 4) is 0 Å². The molecule has 0 aliphatic heterocycles. The number of rotatable bonds is 83. The van der Waals surface area contributed by atoms with Crippen LogP contribution < -0.4 is 0 Å². The van der Waals surface area contributed by atoms with E-state index in [1.54, 1.807) is 0 Å². The maximum absolute atomic E-state index is 13.1. The highest BCUT2D eigenvalue weighted by atomic mass is 31.2. The predicted molar refractivity (Wildman–Crippen MR) is 414 cm³/mol. The highest BCUT2D eigenvalue weighted by molar-refractivity contribution is 7.47. The number of phosphoric acid groups is 2. The summed E-state index contributed by atoms with van der Waals surface area (Å²) in [5.74, 6) is -2.10. The quantitative estimate of drug-likeness (QED) is 0.0222. The molecule has 19 heteroatoms. The fraction of sp³-hybridized carbons (Fsp3) is 0.951. The van der Waals surface area contributed by atoms with Gasteiger partial charge in [0.25, 0.3) is 0 Å². The lowest BCUT2D eigenvalue weighted by Gasteiger charge is -2.21. The molecule has 600 valence electrons. The lowest BCUT2D eigenvalue weighted by atomic mass is 10.0. The number of ether oxygens (including phenoxy) is 4. The first-order valence-corrected chi connectivity index (χ1v) is 45.8. The summed E-state index contributed by atoms with van der Waals surface area (Å²) < 4.78 is 68.7. The Balaban J connectivity index is 5.22. The molecule has 0 radical (unpaired) electrons. The lowest BCUT2D eigenvalue weighted by Crippen LogP contribution is -2.30. The van der Waals surface area contributed by atoms with Crippen molar-refractivity contribution >= 4 is 39.5 Å². The van der Waals surface area contributed by atoms with Crippen molar-refractivity contribution < 1.29 is 80.2 Å². The molecule has 5 atom stereocenters. The molecule has 0 bridgehead atoms. The third kappa shape index (κ3) is 76.1. The summed E-state index contributed by atoms with van der Waals surface area (Å²) in [7, 11) is -9.92. The van der Waals surface area contributed by atoms with Gasteiger partial charge in [0, 0.05) is 25.7 Å². The molecule has 0 aliphatic rings. The largest absolute Gasteiger partial charge is 0.472 e. The Morgan fingerprint density at radius 1 is 0.238 bits per heavy atom. The normalized spacial score (nSPS) is 13.8. The van der Waals surface area contributed by atoms with Crippen molar-refractivity contribution in [2.75, 3.05) is 39.6 Å². The molecule has 0 aromatic heterocycles. The number of hydrogen-bond donors (Lipinski definition) is 3. The Morgan fingerprint density at radius 3 is 0.584 bits per heavy atom. The van der Waals surface area contributed by atoms with E-state index in [9.17, 15) is 43.2 Å². The van der Waals surface area contributed by atoms with E-state index in [0.29, 0.717) is 25.7 Å². The van der Waals surface area contributed by atoms with Gasteiger partial charge in [-0.3, -0.25) is 37.3 Å². The number of aliphatic hydroxyl groups is 1. The summed E-state index contributed by atoms with van der Waals surface area (Å²) in [6.07, 6.45) is 69.3. The van der Waals surface area contributed by atoms with Crippen LogP contribution in [-0.2, 0) is 65.4 Å². The summed E-state index contributed by atoms with van der Waals surface area (Å²) in [6, 6.07) is 0. The second-order valence-corrected chi connectivity index (χ2v) is 32.4. The van der Waals surface area contributed by atoms with Gasteiger partial charge in [0.2, 0.25) is 0 Å². The van der Waals surface area contributed by atoms with Gasteiger partial charge >= 0.3 is 39.5 Å². The van der Waals surface area contributed by atoms with Gasteiger partial charge in [0.05, 0.1) is 26.4 Å². The minimum atomic E-state index is -4.96. The summed E-state index contributed by atoms with van der Waals surface area (Å²) in [5.41, 5.74) is 0. The van der Waals surface area contributed by atoms with Gasteiger partial charge in [-0.05, 0) is 25.7 Å². The van der Waals surface area contributed by atoms with Gasteiger partial charge in [-0.2, -0.15) is 0 Å². The zero-order valence-corrected chi connectivity index (χ0v) is 67.7. The van der Waals surface area contributed by atoms with Crippen LogP contribution >= 0.6 is 15.6 Å². The number of hydrogen-bond acceptors (Lipinski definition) is 15. The Kier molecular flexibility index (Phi) is 74.8. The minimum Gasteiger partial charge on any atom is -0.462 e. The Labute approximate surface area is 619 Å². The molecule has 0 fully saturated rings. The molecule has 3 unspecified atom stereocenters. The summed E-state index contributed by atoms with van der Waals surface area (Å²) in [4.78, 5) is 73.0. The van der Waals surface area contributed by atoms with Crippen molar-refractivity contribution in [3.05, 3.63) is 0 Å². The maximum Gasteiger partial charge on any atom is 0.472 e. The number of esters is 4. The maximum atomic E-state index is 13.1. The number of phosphoric ester groups is 2. The number of carbonyl (C=O) groups excluding carboxylic acids is 4. The highest BCUT2D eigenvalue weighted by Gasteiger charge is 2.30. The molecule has 0 heterocycles. The number of unbranched alkanes of at least 4 members (excludes halogenated alkanes) is 57.